The monoisotopic (exact) mass is 266 g/mol. The highest BCUT2D eigenvalue weighted by Crippen LogP contribution is 2.19. The second-order valence-electron chi connectivity index (χ2n) is 4.50. The number of pyridine rings is 1. The molecule has 2 heterocycles. The first-order valence-corrected chi connectivity index (χ1v) is 6.27. The van der Waals surface area contributed by atoms with E-state index in [9.17, 15) is 4.79 Å². The van der Waals surface area contributed by atoms with Gasteiger partial charge in [-0.3, -0.25) is 0 Å². The van der Waals surface area contributed by atoms with Crippen LogP contribution >= 0.6 is 0 Å². The smallest absolute Gasteiger partial charge is 0.332 e. The fourth-order valence-corrected chi connectivity index (χ4v) is 2.05. The number of carboxylic acid groups (broad SMARTS) is 1. The van der Waals surface area contributed by atoms with Gasteiger partial charge < -0.3 is 19.9 Å². The molecule has 0 aliphatic carbocycles. The number of carboxylic acids is 1. The maximum Gasteiger partial charge on any atom is 0.332 e. The van der Waals surface area contributed by atoms with Crippen molar-refractivity contribution >= 4 is 5.97 Å². The van der Waals surface area contributed by atoms with E-state index < -0.39 is 12.1 Å². The van der Waals surface area contributed by atoms with E-state index in [-0.39, 0.29) is 6.10 Å². The summed E-state index contributed by atoms with van der Waals surface area (Å²) < 4.78 is 10.4. The molecule has 1 aliphatic rings. The lowest BCUT2D eigenvalue weighted by Crippen LogP contribution is -2.28. The van der Waals surface area contributed by atoms with Gasteiger partial charge in [0.1, 0.15) is 0 Å². The predicted molar refractivity (Wildman–Crippen MR) is 68.0 cm³/mol. The van der Waals surface area contributed by atoms with E-state index in [1.165, 1.54) is 0 Å². The van der Waals surface area contributed by atoms with Crippen LogP contribution in [0.5, 0.6) is 5.88 Å². The number of nitrogens with one attached hydrogen (secondary N) is 1. The van der Waals surface area contributed by atoms with Gasteiger partial charge in [-0.2, -0.15) is 0 Å². The van der Waals surface area contributed by atoms with Crippen LogP contribution < -0.4 is 10.1 Å². The van der Waals surface area contributed by atoms with Crippen molar-refractivity contribution in [3.63, 3.8) is 0 Å². The van der Waals surface area contributed by atoms with Crippen LogP contribution in [-0.4, -0.2) is 41.9 Å². The highest BCUT2D eigenvalue weighted by Gasteiger charge is 2.29. The summed E-state index contributed by atoms with van der Waals surface area (Å²) in [6, 6.07) is 3.75. The number of ether oxygens (including phenoxy) is 2. The van der Waals surface area contributed by atoms with E-state index in [1.807, 2.05) is 12.1 Å². The number of rotatable bonds is 6. The van der Waals surface area contributed by atoms with Gasteiger partial charge in [0.25, 0.3) is 0 Å². The topological polar surface area (TPSA) is 80.7 Å². The number of aliphatic carboxylic acids is 1. The number of methoxy groups -OCH3 is 1. The summed E-state index contributed by atoms with van der Waals surface area (Å²) in [5, 5.41) is 12.1. The van der Waals surface area contributed by atoms with Crippen molar-refractivity contribution in [1.82, 2.24) is 10.3 Å². The van der Waals surface area contributed by atoms with Gasteiger partial charge in [-0.1, -0.05) is 6.07 Å². The third kappa shape index (κ3) is 3.90. The minimum absolute atomic E-state index is 0.0210. The van der Waals surface area contributed by atoms with E-state index in [2.05, 4.69) is 10.3 Å². The summed E-state index contributed by atoms with van der Waals surface area (Å²) in [5.74, 6) is -0.283. The summed E-state index contributed by atoms with van der Waals surface area (Å²) in [7, 11) is 1.58. The van der Waals surface area contributed by atoms with Crippen LogP contribution in [0.4, 0.5) is 0 Å². The van der Waals surface area contributed by atoms with E-state index in [4.69, 9.17) is 14.6 Å². The predicted octanol–water partition coefficient (Wildman–Crippen LogP) is 0.812. The number of hydrogen-bond acceptors (Lipinski definition) is 5. The van der Waals surface area contributed by atoms with Crippen LogP contribution in [-0.2, 0) is 16.1 Å². The zero-order chi connectivity index (χ0) is 13.7. The Labute approximate surface area is 111 Å². The molecule has 2 rings (SSSR count). The molecule has 6 nitrogen and oxygen atoms in total. The SMILES string of the molecule is COc1ccc(CNCC2CCC(C(=O)O)O2)cn1. The Morgan fingerprint density at radius 2 is 2.42 bits per heavy atom. The van der Waals surface area contributed by atoms with Crippen LogP contribution in [0, 0.1) is 0 Å². The van der Waals surface area contributed by atoms with E-state index in [0.717, 1.165) is 12.0 Å². The molecule has 0 radical (unpaired) electrons. The van der Waals surface area contributed by atoms with Gasteiger partial charge in [-0.25, -0.2) is 9.78 Å². The highest BCUT2D eigenvalue weighted by molar-refractivity contribution is 5.72. The molecule has 0 amide bonds. The summed E-state index contributed by atoms with van der Waals surface area (Å²) in [6.45, 7) is 1.32. The Balaban J connectivity index is 1.70. The van der Waals surface area contributed by atoms with Crippen molar-refractivity contribution in [2.75, 3.05) is 13.7 Å². The molecule has 2 unspecified atom stereocenters. The zero-order valence-electron chi connectivity index (χ0n) is 10.8. The van der Waals surface area contributed by atoms with Gasteiger partial charge >= 0.3 is 5.97 Å². The number of carbonyl (C=O) groups is 1. The molecule has 0 saturated carbocycles. The second kappa shape index (κ2) is 6.49. The molecule has 1 fully saturated rings. The summed E-state index contributed by atoms with van der Waals surface area (Å²) in [4.78, 5) is 14.8. The molecule has 2 atom stereocenters. The van der Waals surface area contributed by atoms with Gasteiger partial charge in [-0.15, -0.1) is 0 Å². The van der Waals surface area contributed by atoms with Gasteiger partial charge in [0.2, 0.25) is 5.88 Å². The molecule has 104 valence electrons. The third-order valence-electron chi connectivity index (χ3n) is 3.09. The number of aromatic nitrogens is 1. The first kappa shape index (κ1) is 13.8. The molecule has 19 heavy (non-hydrogen) atoms. The summed E-state index contributed by atoms with van der Waals surface area (Å²) >= 11 is 0. The van der Waals surface area contributed by atoms with Crippen LogP contribution in [0.1, 0.15) is 18.4 Å². The Hall–Kier alpha value is -1.66. The fraction of sp³-hybridized carbons (Fsp3) is 0.538. The van der Waals surface area contributed by atoms with E-state index in [0.29, 0.717) is 25.4 Å². The lowest BCUT2D eigenvalue weighted by atomic mass is 10.2. The lowest BCUT2D eigenvalue weighted by molar-refractivity contribution is -0.149. The normalized spacial score (nSPS) is 22.4. The van der Waals surface area contributed by atoms with Crippen LogP contribution in [0.2, 0.25) is 0 Å². The minimum atomic E-state index is -0.873. The largest absolute Gasteiger partial charge is 0.481 e. The van der Waals surface area contributed by atoms with E-state index >= 15 is 0 Å². The van der Waals surface area contributed by atoms with Crippen molar-refractivity contribution in [2.24, 2.45) is 0 Å². The zero-order valence-corrected chi connectivity index (χ0v) is 10.8. The first-order chi connectivity index (χ1) is 9.19. The lowest BCUT2D eigenvalue weighted by Gasteiger charge is -2.12. The third-order valence-corrected chi connectivity index (χ3v) is 3.09. The van der Waals surface area contributed by atoms with Crippen molar-refractivity contribution < 1.29 is 19.4 Å². The van der Waals surface area contributed by atoms with Crippen LogP contribution in [0.15, 0.2) is 18.3 Å². The average molecular weight is 266 g/mol. The van der Waals surface area contributed by atoms with Gasteiger partial charge in [-0.05, 0) is 18.4 Å². The Morgan fingerprint density at radius 3 is 3.00 bits per heavy atom. The minimum Gasteiger partial charge on any atom is -0.481 e. The number of nitrogens with zero attached hydrogens (tertiary/aromatic N) is 1. The molecule has 1 aromatic heterocycles. The molecular weight excluding hydrogens is 248 g/mol. The average Bonchev–Trinajstić information content (AvgIpc) is 2.89. The number of hydrogen-bond donors (Lipinski definition) is 2. The van der Waals surface area contributed by atoms with Crippen LogP contribution in [0.3, 0.4) is 0 Å². The summed E-state index contributed by atoms with van der Waals surface area (Å²) in [6.07, 6.45) is 2.46. The van der Waals surface area contributed by atoms with Crippen molar-refractivity contribution in [1.29, 1.82) is 0 Å². The fourth-order valence-electron chi connectivity index (χ4n) is 2.05. The van der Waals surface area contributed by atoms with Crippen molar-refractivity contribution in [3.8, 4) is 5.88 Å². The molecular formula is C13H18N2O4. The molecule has 1 aliphatic heterocycles. The first-order valence-electron chi connectivity index (χ1n) is 6.27. The Morgan fingerprint density at radius 1 is 1.58 bits per heavy atom. The van der Waals surface area contributed by atoms with Gasteiger partial charge in [0.05, 0.1) is 13.2 Å². The molecule has 1 aromatic rings. The molecule has 0 aromatic carbocycles. The Bertz CT molecular complexity index is 421. The van der Waals surface area contributed by atoms with Gasteiger partial charge in [0, 0.05) is 25.4 Å². The van der Waals surface area contributed by atoms with E-state index in [1.54, 1.807) is 13.3 Å². The molecule has 2 N–H and O–H groups in total. The summed E-state index contributed by atoms with van der Waals surface area (Å²) in [5.41, 5.74) is 1.05. The quantitative estimate of drug-likeness (QED) is 0.793. The van der Waals surface area contributed by atoms with Gasteiger partial charge in [0.15, 0.2) is 6.10 Å². The maximum atomic E-state index is 10.7. The Kier molecular flexibility index (Phi) is 4.70. The highest BCUT2D eigenvalue weighted by atomic mass is 16.5. The van der Waals surface area contributed by atoms with Crippen molar-refractivity contribution in [3.05, 3.63) is 23.9 Å². The molecule has 1 saturated heterocycles. The molecule has 0 bridgehead atoms. The standard InChI is InChI=1S/C13H18N2O4/c1-18-12-5-2-9(7-15-12)6-14-8-10-3-4-11(19-10)13(16)17/h2,5,7,10-11,14H,3-4,6,8H2,1H3,(H,16,17). The maximum absolute atomic E-state index is 10.7. The second-order valence-corrected chi connectivity index (χ2v) is 4.50. The molecule has 0 spiro atoms. The van der Waals surface area contributed by atoms with Crippen LogP contribution in [0.25, 0.3) is 0 Å². The molecule has 6 heteroatoms. The van der Waals surface area contributed by atoms with Crippen molar-refractivity contribution in [2.45, 2.75) is 31.6 Å².